The number of benzene rings is 1. The van der Waals surface area contributed by atoms with Crippen molar-refractivity contribution in [1.82, 2.24) is 4.90 Å². The van der Waals surface area contributed by atoms with E-state index in [4.69, 9.17) is 4.42 Å². The molecule has 6 nitrogen and oxygen atoms in total. The molecule has 0 spiro atoms. The number of amides is 1. The number of hydrogen-bond acceptors (Lipinski definition) is 4. The predicted molar refractivity (Wildman–Crippen MR) is 110 cm³/mol. The summed E-state index contributed by atoms with van der Waals surface area (Å²) in [7, 11) is 0. The summed E-state index contributed by atoms with van der Waals surface area (Å²) in [5, 5.41) is 10.9. The molecule has 1 saturated heterocycles. The van der Waals surface area contributed by atoms with E-state index in [1.807, 2.05) is 19.1 Å². The second-order valence-electron chi connectivity index (χ2n) is 7.43. The van der Waals surface area contributed by atoms with Crippen LogP contribution in [0.1, 0.15) is 43.2 Å². The van der Waals surface area contributed by atoms with Crippen molar-refractivity contribution in [3.05, 3.63) is 65.1 Å². The zero-order chi connectivity index (χ0) is 21.0. The molecule has 154 valence electrons. The first-order valence-electron chi connectivity index (χ1n) is 10.2. The van der Waals surface area contributed by atoms with Crippen LogP contribution >= 0.6 is 0 Å². The van der Waals surface area contributed by atoms with Crippen LogP contribution in [-0.4, -0.2) is 47.9 Å². The number of aliphatic hydroxyl groups excluding tert-OH is 1. The van der Waals surface area contributed by atoms with Crippen LogP contribution in [-0.2, 0) is 9.59 Å². The van der Waals surface area contributed by atoms with Crippen molar-refractivity contribution in [3.63, 3.8) is 0 Å². The molecule has 1 aliphatic rings. The van der Waals surface area contributed by atoms with Crippen LogP contribution in [0.25, 0.3) is 5.76 Å². The van der Waals surface area contributed by atoms with Crippen LogP contribution in [0.4, 0.5) is 0 Å². The smallest absolute Gasteiger partial charge is 0.295 e. The maximum atomic E-state index is 12.9. The standard InChI is InChI=1S/C23H28N2O4/c1-4-24(5-2)13-7-14-25-20(18-8-6-15-29-18)19(22(27)23(25)28)21(26)17-11-9-16(3)10-12-17/h6,8-12,15,20,26H,4-5,7,13-14H2,1-3H3/p+1/t20-/m0/s1. The van der Waals surface area contributed by atoms with Gasteiger partial charge in [-0.3, -0.25) is 9.59 Å². The van der Waals surface area contributed by atoms with Crippen LogP contribution < -0.4 is 4.90 Å². The molecular weight excluding hydrogens is 368 g/mol. The molecule has 1 amide bonds. The lowest BCUT2D eigenvalue weighted by Crippen LogP contribution is -3.11. The molecule has 2 heterocycles. The van der Waals surface area contributed by atoms with Crippen LogP contribution in [0.15, 0.2) is 52.7 Å². The molecule has 1 aliphatic heterocycles. The second-order valence-corrected chi connectivity index (χ2v) is 7.43. The minimum Gasteiger partial charge on any atom is -0.507 e. The van der Waals surface area contributed by atoms with E-state index in [1.165, 1.54) is 16.1 Å². The third-order valence-electron chi connectivity index (χ3n) is 5.61. The van der Waals surface area contributed by atoms with Gasteiger partial charge in [-0.2, -0.15) is 0 Å². The molecule has 3 rings (SSSR count). The highest BCUT2D eigenvalue weighted by Gasteiger charge is 2.47. The third-order valence-corrected chi connectivity index (χ3v) is 5.61. The van der Waals surface area contributed by atoms with Crippen molar-refractivity contribution in [1.29, 1.82) is 0 Å². The molecule has 0 saturated carbocycles. The summed E-state index contributed by atoms with van der Waals surface area (Å²) in [6, 6.07) is 9.98. The van der Waals surface area contributed by atoms with E-state index in [-0.39, 0.29) is 11.3 Å². The zero-order valence-corrected chi connectivity index (χ0v) is 17.3. The summed E-state index contributed by atoms with van der Waals surface area (Å²) < 4.78 is 5.55. The van der Waals surface area contributed by atoms with E-state index < -0.39 is 17.7 Å². The topological polar surface area (TPSA) is 75.2 Å². The number of quaternary nitrogens is 1. The Balaban J connectivity index is 1.95. The van der Waals surface area contributed by atoms with Crippen LogP contribution in [0, 0.1) is 6.92 Å². The molecule has 1 atom stereocenters. The SMILES string of the molecule is CC[NH+](CC)CCCN1C(=O)C(=O)C(=C(O)c2ccc(C)cc2)[C@@H]1c1ccco1. The number of nitrogens with one attached hydrogen (secondary N) is 1. The number of hydrogen-bond donors (Lipinski definition) is 2. The molecular formula is C23H29N2O4+. The lowest BCUT2D eigenvalue weighted by molar-refractivity contribution is -0.896. The summed E-state index contributed by atoms with van der Waals surface area (Å²) >= 11 is 0. The minimum absolute atomic E-state index is 0.0870. The van der Waals surface area contributed by atoms with Crippen molar-refractivity contribution in [2.75, 3.05) is 26.2 Å². The number of ketones is 1. The Hall–Kier alpha value is -2.86. The van der Waals surface area contributed by atoms with Gasteiger partial charge in [-0.05, 0) is 32.9 Å². The van der Waals surface area contributed by atoms with E-state index in [9.17, 15) is 14.7 Å². The Morgan fingerprint density at radius 2 is 1.83 bits per heavy atom. The quantitative estimate of drug-likeness (QED) is 0.407. The number of nitrogens with zero attached hydrogens (tertiary/aromatic N) is 1. The molecule has 1 aromatic heterocycles. The van der Waals surface area contributed by atoms with Crippen molar-refractivity contribution >= 4 is 17.4 Å². The van der Waals surface area contributed by atoms with Gasteiger partial charge in [0.25, 0.3) is 11.7 Å². The number of Topliss-reactive ketones (excluding diaryl/α,β-unsaturated/α-hetero) is 1. The van der Waals surface area contributed by atoms with Gasteiger partial charge in [0, 0.05) is 18.5 Å². The van der Waals surface area contributed by atoms with Gasteiger partial charge >= 0.3 is 0 Å². The Kier molecular flexibility index (Phi) is 6.54. The summed E-state index contributed by atoms with van der Waals surface area (Å²) in [6.07, 6.45) is 2.28. The molecule has 1 fully saturated rings. The number of rotatable bonds is 8. The number of furan rings is 1. The fraction of sp³-hybridized carbons (Fsp3) is 0.391. The lowest BCUT2D eigenvalue weighted by Gasteiger charge is -2.24. The molecule has 2 aromatic rings. The van der Waals surface area contributed by atoms with E-state index in [2.05, 4.69) is 13.8 Å². The third kappa shape index (κ3) is 4.27. The Labute approximate surface area is 171 Å². The van der Waals surface area contributed by atoms with Gasteiger partial charge in [0.2, 0.25) is 0 Å². The van der Waals surface area contributed by atoms with E-state index in [0.29, 0.717) is 17.9 Å². The minimum atomic E-state index is -0.710. The number of likely N-dealkylation sites (tertiary alicyclic amines) is 1. The Morgan fingerprint density at radius 1 is 1.14 bits per heavy atom. The van der Waals surface area contributed by atoms with Gasteiger partial charge in [0.1, 0.15) is 17.6 Å². The number of aliphatic hydroxyl groups is 1. The first-order chi connectivity index (χ1) is 14.0. The fourth-order valence-electron chi connectivity index (χ4n) is 3.82. The highest BCUT2D eigenvalue weighted by molar-refractivity contribution is 6.46. The van der Waals surface area contributed by atoms with E-state index in [1.54, 1.807) is 24.3 Å². The first-order valence-corrected chi connectivity index (χ1v) is 10.2. The normalized spacial score (nSPS) is 18.8. The molecule has 0 bridgehead atoms. The molecule has 1 aromatic carbocycles. The zero-order valence-electron chi connectivity index (χ0n) is 17.3. The fourth-order valence-corrected chi connectivity index (χ4v) is 3.82. The first kappa shape index (κ1) is 20.9. The second kappa shape index (κ2) is 9.09. The van der Waals surface area contributed by atoms with Gasteiger partial charge in [0.05, 0.1) is 31.5 Å². The number of carbonyl (C=O) groups is 2. The monoisotopic (exact) mass is 397 g/mol. The molecule has 6 heteroatoms. The summed E-state index contributed by atoms with van der Waals surface area (Å²) in [4.78, 5) is 28.6. The van der Waals surface area contributed by atoms with Gasteiger partial charge in [-0.1, -0.05) is 29.8 Å². The molecule has 0 unspecified atom stereocenters. The maximum absolute atomic E-state index is 12.9. The predicted octanol–water partition coefficient (Wildman–Crippen LogP) is 2.32. The van der Waals surface area contributed by atoms with Crippen molar-refractivity contribution in [2.24, 2.45) is 0 Å². The van der Waals surface area contributed by atoms with Gasteiger partial charge in [-0.15, -0.1) is 0 Å². The summed E-state index contributed by atoms with van der Waals surface area (Å²) in [5.41, 5.74) is 1.64. The Bertz CT molecular complexity index is 880. The summed E-state index contributed by atoms with van der Waals surface area (Å²) in [6.45, 7) is 9.60. The highest BCUT2D eigenvalue weighted by Crippen LogP contribution is 2.39. The number of carbonyl (C=O) groups excluding carboxylic acids is 2. The summed E-state index contributed by atoms with van der Waals surface area (Å²) in [5.74, 6) is -0.941. The molecule has 29 heavy (non-hydrogen) atoms. The molecule has 2 N–H and O–H groups in total. The Morgan fingerprint density at radius 3 is 2.41 bits per heavy atom. The van der Waals surface area contributed by atoms with Gasteiger partial charge < -0.3 is 19.3 Å². The average molecular weight is 397 g/mol. The van der Waals surface area contributed by atoms with Crippen molar-refractivity contribution < 1.29 is 24.0 Å². The molecule has 0 aliphatic carbocycles. The number of aryl methyl sites for hydroxylation is 1. The van der Waals surface area contributed by atoms with E-state index >= 15 is 0 Å². The van der Waals surface area contributed by atoms with Crippen molar-refractivity contribution in [2.45, 2.75) is 33.2 Å². The van der Waals surface area contributed by atoms with Crippen LogP contribution in [0.2, 0.25) is 0 Å². The van der Waals surface area contributed by atoms with Gasteiger partial charge in [-0.25, -0.2) is 0 Å². The molecule has 0 radical (unpaired) electrons. The van der Waals surface area contributed by atoms with Crippen LogP contribution in [0.5, 0.6) is 0 Å². The van der Waals surface area contributed by atoms with Crippen LogP contribution in [0.3, 0.4) is 0 Å². The lowest BCUT2D eigenvalue weighted by atomic mass is 9.99. The largest absolute Gasteiger partial charge is 0.507 e. The van der Waals surface area contributed by atoms with Crippen molar-refractivity contribution in [3.8, 4) is 0 Å². The average Bonchev–Trinajstić information content (AvgIpc) is 3.33. The highest BCUT2D eigenvalue weighted by atomic mass is 16.3. The maximum Gasteiger partial charge on any atom is 0.295 e. The van der Waals surface area contributed by atoms with Gasteiger partial charge in [0.15, 0.2) is 0 Å². The van der Waals surface area contributed by atoms with E-state index in [0.717, 1.165) is 31.6 Å².